The second kappa shape index (κ2) is 3.38. The number of rotatable bonds is 2. The third-order valence-corrected chi connectivity index (χ3v) is 1.99. The van der Waals surface area contributed by atoms with E-state index in [0.29, 0.717) is 0 Å². The average molecular weight is 155 g/mol. The Morgan fingerprint density at radius 1 is 1.64 bits per heavy atom. The molecule has 0 amide bonds. The normalized spacial score (nSPS) is 13.4. The van der Waals surface area contributed by atoms with E-state index in [1.54, 1.807) is 20.8 Å². The molecule has 0 aliphatic rings. The number of hydrogen-bond acceptors (Lipinski definition) is 3. The van der Waals surface area contributed by atoms with Crippen LogP contribution in [0.4, 0.5) is 0 Å². The number of hydrogen-bond donors (Lipinski definition) is 0. The first kappa shape index (κ1) is 9.96. The van der Waals surface area contributed by atoms with E-state index in [-0.39, 0.29) is 11.9 Å². The van der Waals surface area contributed by atoms with Gasteiger partial charge < -0.3 is 4.74 Å². The van der Waals surface area contributed by atoms with Crippen molar-refractivity contribution in [3.8, 4) is 6.07 Å². The number of nitriles is 1. The van der Waals surface area contributed by atoms with Gasteiger partial charge in [-0.3, -0.25) is 4.79 Å². The molecule has 0 saturated heterocycles. The molecular formula is C8H13NO2. The number of carbonyl (C=O) groups excluding carboxylic acids is 1. The van der Waals surface area contributed by atoms with Gasteiger partial charge in [0.25, 0.3) is 0 Å². The third-order valence-electron chi connectivity index (χ3n) is 1.99. The predicted molar refractivity (Wildman–Crippen MR) is 40.6 cm³/mol. The van der Waals surface area contributed by atoms with Crippen LogP contribution < -0.4 is 0 Å². The van der Waals surface area contributed by atoms with Crippen molar-refractivity contribution >= 4 is 5.97 Å². The number of ether oxygens (including phenoxy) is 1. The van der Waals surface area contributed by atoms with Crippen molar-refractivity contribution in [1.82, 2.24) is 0 Å². The number of nitrogens with zero attached hydrogens (tertiary/aromatic N) is 1. The second-order valence-electron chi connectivity index (χ2n) is 3.06. The number of esters is 1. The van der Waals surface area contributed by atoms with Gasteiger partial charge in [0.05, 0.1) is 24.5 Å². The number of carbonyl (C=O) groups is 1. The van der Waals surface area contributed by atoms with Crippen LogP contribution in [0.3, 0.4) is 0 Å². The van der Waals surface area contributed by atoms with Gasteiger partial charge in [0.2, 0.25) is 0 Å². The molecule has 0 aliphatic carbocycles. The first-order chi connectivity index (χ1) is 4.96. The summed E-state index contributed by atoms with van der Waals surface area (Å²) in [5, 5.41) is 8.56. The third kappa shape index (κ3) is 1.94. The lowest BCUT2D eigenvalue weighted by Gasteiger charge is -2.23. The Morgan fingerprint density at radius 2 is 2.09 bits per heavy atom. The van der Waals surface area contributed by atoms with Crippen molar-refractivity contribution in [2.24, 2.45) is 11.3 Å². The van der Waals surface area contributed by atoms with Crippen molar-refractivity contribution in [2.45, 2.75) is 20.8 Å². The van der Waals surface area contributed by atoms with Gasteiger partial charge in [0.1, 0.15) is 0 Å². The van der Waals surface area contributed by atoms with Crippen LogP contribution in [-0.2, 0) is 9.53 Å². The maximum atomic E-state index is 11.1. The Morgan fingerprint density at radius 3 is 2.36 bits per heavy atom. The van der Waals surface area contributed by atoms with E-state index in [0.717, 1.165) is 0 Å². The Labute approximate surface area is 67.0 Å². The van der Waals surface area contributed by atoms with Crippen LogP contribution in [0.2, 0.25) is 0 Å². The zero-order valence-electron chi connectivity index (χ0n) is 7.34. The maximum Gasteiger partial charge on any atom is 0.312 e. The molecule has 11 heavy (non-hydrogen) atoms. The van der Waals surface area contributed by atoms with Crippen LogP contribution in [0.1, 0.15) is 20.8 Å². The summed E-state index contributed by atoms with van der Waals surface area (Å²) in [6.07, 6.45) is 0. The molecule has 1 atom stereocenters. The van der Waals surface area contributed by atoms with Gasteiger partial charge >= 0.3 is 5.97 Å². The van der Waals surface area contributed by atoms with Crippen LogP contribution in [0, 0.1) is 22.7 Å². The summed E-state index contributed by atoms with van der Waals surface area (Å²) in [4.78, 5) is 11.1. The van der Waals surface area contributed by atoms with Crippen LogP contribution >= 0.6 is 0 Å². The molecule has 0 aromatic heterocycles. The minimum absolute atomic E-state index is 0.324. The quantitative estimate of drug-likeness (QED) is 0.565. The summed E-state index contributed by atoms with van der Waals surface area (Å²) in [5.41, 5.74) is -0.705. The fourth-order valence-corrected chi connectivity index (χ4v) is 0.601. The Bertz CT molecular complexity index is 191. The SMILES string of the molecule is COC(=O)C(C)(C)[C@@H](C)C#N. The van der Waals surface area contributed by atoms with Crippen molar-refractivity contribution in [1.29, 1.82) is 5.26 Å². The second-order valence-corrected chi connectivity index (χ2v) is 3.06. The molecule has 0 rings (SSSR count). The van der Waals surface area contributed by atoms with Gasteiger partial charge in [0, 0.05) is 0 Å². The zero-order valence-corrected chi connectivity index (χ0v) is 7.34. The molecule has 0 bridgehead atoms. The number of methoxy groups -OCH3 is 1. The Balaban J connectivity index is 4.47. The van der Waals surface area contributed by atoms with Gasteiger partial charge in [-0.15, -0.1) is 0 Å². The molecule has 0 aliphatic heterocycles. The minimum Gasteiger partial charge on any atom is -0.469 e. The van der Waals surface area contributed by atoms with Crippen molar-refractivity contribution in [3.05, 3.63) is 0 Å². The lowest BCUT2D eigenvalue weighted by atomic mass is 9.81. The highest BCUT2D eigenvalue weighted by Crippen LogP contribution is 2.26. The van der Waals surface area contributed by atoms with E-state index in [1.807, 2.05) is 6.07 Å². The van der Waals surface area contributed by atoms with Crippen molar-refractivity contribution in [2.75, 3.05) is 7.11 Å². The lowest BCUT2D eigenvalue weighted by molar-refractivity contribution is -0.152. The molecule has 0 fully saturated rings. The van der Waals surface area contributed by atoms with E-state index in [1.165, 1.54) is 7.11 Å². The van der Waals surface area contributed by atoms with Crippen LogP contribution in [0.15, 0.2) is 0 Å². The molecule has 3 heteroatoms. The zero-order chi connectivity index (χ0) is 9.07. The highest BCUT2D eigenvalue weighted by Gasteiger charge is 2.34. The van der Waals surface area contributed by atoms with Gasteiger partial charge in [-0.2, -0.15) is 5.26 Å². The average Bonchev–Trinajstić information content (AvgIpc) is 2.01. The van der Waals surface area contributed by atoms with E-state index in [4.69, 9.17) is 5.26 Å². The summed E-state index contributed by atoms with van der Waals surface area (Å²) in [5.74, 6) is -0.665. The fourth-order valence-electron chi connectivity index (χ4n) is 0.601. The minimum atomic E-state index is -0.705. The largest absolute Gasteiger partial charge is 0.469 e. The standard InChI is InChI=1S/C8H13NO2/c1-6(5-9)8(2,3)7(10)11-4/h6H,1-4H3/t6-/m0/s1. The molecular weight excluding hydrogens is 142 g/mol. The summed E-state index contributed by atoms with van der Waals surface area (Å²) in [6, 6.07) is 2.02. The molecule has 0 aromatic rings. The molecule has 0 N–H and O–H groups in total. The van der Waals surface area contributed by atoms with Gasteiger partial charge in [-0.25, -0.2) is 0 Å². The molecule has 0 heterocycles. The molecule has 0 radical (unpaired) electrons. The molecule has 0 spiro atoms. The topological polar surface area (TPSA) is 50.1 Å². The Hall–Kier alpha value is -1.04. The van der Waals surface area contributed by atoms with E-state index < -0.39 is 5.41 Å². The van der Waals surface area contributed by atoms with Crippen molar-refractivity contribution < 1.29 is 9.53 Å². The van der Waals surface area contributed by atoms with Crippen LogP contribution in [0.5, 0.6) is 0 Å². The first-order valence-electron chi connectivity index (χ1n) is 3.44. The first-order valence-corrected chi connectivity index (χ1v) is 3.44. The fraction of sp³-hybridized carbons (Fsp3) is 0.750. The van der Waals surface area contributed by atoms with E-state index >= 15 is 0 Å². The highest BCUT2D eigenvalue weighted by atomic mass is 16.5. The Kier molecular flexibility index (Phi) is 3.06. The van der Waals surface area contributed by atoms with Crippen LogP contribution in [0.25, 0.3) is 0 Å². The molecule has 0 saturated carbocycles. The van der Waals surface area contributed by atoms with Gasteiger partial charge in [-0.05, 0) is 20.8 Å². The lowest BCUT2D eigenvalue weighted by Crippen LogP contribution is -2.31. The smallest absolute Gasteiger partial charge is 0.312 e. The maximum absolute atomic E-state index is 11.1. The van der Waals surface area contributed by atoms with Gasteiger partial charge in [0.15, 0.2) is 0 Å². The summed E-state index contributed by atoms with van der Waals surface area (Å²) in [7, 11) is 1.33. The van der Waals surface area contributed by atoms with E-state index in [2.05, 4.69) is 4.74 Å². The van der Waals surface area contributed by atoms with Crippen molar-refractivity contribution in [3.63, 3.8) is 0 Å². The summed E-state index contributed by atoms with van der Waals surface area (Å²) < 4.78 is 4.55. The molecule has 0 aromatic carbocycles. The highest BCUT2D eigenvalue weighted by molar-refractivity contribution is 5.76. The summed E-state index contributed by atoms with van der Waals surface area (Å²) >= 11 is 0. The van der Waals surface area contributed by atoms with E-state index in [9.17, 15) is 4.79 Å². The van der Waals surface area contributed by atoms with Crippen LogP contribution in [-0.4, -0.2) is 13.1 Å². The molecule has 3 nitrogen and oxygen atoms in total. The molecule has 62 valence electrons. The molecule has 0 unspecified atom stereocenters. The monoisotopic (exact) mass is 155 g/mol. The summed E-state index contributed by atoms with van der Waals surface area (Å²) in [6.45, 7) is 5.11. The van der Waals surface area contributed by atoms with Gasteiger partial charge in [-0.1, -0.05) is 0 Å². The predicted octanol–water partition coefficient (Wildman–Crippen LogP) is 1.35.